The van der Waals surface area contributed by atoms with Crippen LogP contribution in [0, 0.1) is 5.92 Å². The lowest BCUT2D eigenvalue weighted by atomic mass is 9.86. The number of amides is 1. The van der Waals surface area contributed by atoms with Gasteiger partial charge in [-0.1, -0.05) is 25.8 Å². The summed E-state index contributed by atoms with van der Waals surface area (Å²) in [6.45, 7) is 8.69. The molecule has 2 aliphatic rings. The van der Waals surface area contributed by atoms with Gasteiger partial charge < -0.3 is 15.1 Å². The minimum atomic E-state index is 0.264. The number of rotatable bonds is 5. The predicted octanol–water partition coefficient (Wildman–Crippen LogP) is -0.274. The molecule has 128 valence electrons. The molecule has 2 heterocycles. The standard InChI is InChI=1S/C18H29N3OS/c1-15-5-2-3-7-17(15)19-18(22)14-21-10-8-20(9-11-21)13-16-6-4-12-23-16/h4,6,12,15,17H,2-3,5,7-11,13-14H2,1H3,(H,19,22)/p+2/t15-,17+/m1/s1. The van der Waals surface area contributed by atoms with E-state index in [2.05, 4.69) is 29.8 Å². The van der Waals surface area contributed by atoms with Gasteiger partial charge in [0.25, 0.3) is 5.91 Å². The summed E-state index contributed by atoms with van der Waals surface area (Å²) < 4.78 is 0. The molecule has 23 heavy (non-hydrogen) atoms. The summed E-state index contributed by atoms with van der Waals surface area (Å²) >= 11 is 1.86. The molecule has 2 fully saturated rings. The van der Waals surface area contributed by atoms with Gasteiger partial charge in [0.05, 0.1) is 4.88 Å². The fourth-order valence-electron chi connectivity index (χ4n) is 3.99. The first-order chi connectivity index (χ1) is 11.2. The van der Waals surface area contributed by atoms with Crippen LogP contribution in [-0.2, 0) is 11.3 Å². The fraction of sp³-hybridized carbons (Fsp3) is 0.722. The summed E-state index contributed by atoms with van der Waals surface area (Å²) in [5.41, 5.74) is 0. The lowest BCUT2D eigenvalue weighted by Crippen LogP contribution is -3.28. The molecule has 0 spiro atoms. The molecule has 1 saturated carbocycles. The molecule has 3 N–H and O–H groups in total. The van der Waals surface area contributed by atoms with Crippen LogP contribution in [0.3, 0.4) is 0 Å². The first-order valence-corrected chi connectivity index (χ1v) is 10.1. The predicted molar refractivity (Wildman–Crippen MR) is 93.8 cm³/mol. The Morgan fingerprint density at radius 1 is 1.22 bits per heavy atom. The molecule has 0 bridgehead atoms. The van der Waals surface area contributed by atoms with Crippen molar-refractivity contribution in [3.8, 4) is 0 Å². The molecule has 5 heteroatoms. The largest absolute Gasteiger partial charge is 0.348 e. The number of hydrogen-bond acceptors (Lipinski definition) is 2. The molecule has 1 aliphatic carbocycles. The SMILES string of the molecule is C[C@@H]1CCCC[C@@H]1NC(=O)C[NH+]1CC[NH+](Cc2cccs2)CC1. The van der Waals surface area contributed by atoms with Crippen molar-refractivity contribution in [3.05, 3.63) is 22.4 Å². The van der Waals surface area contributed by atoms with Crippen LogP contribution < -0.4 is 15.1 Å². The third-order valence-electron chi connectivity index (χ3n) is 5.54. The van der Waals surface area contributed by atoms with Crippen LogP contribution in [0.1, 0.15) is 37.5 Å². The summed E-state index contributed by atoms with van der Waals surface area (Å²) in [6, 6.07) is 4.79. The van der Waals surface area contributed by atoms with Crippen molar-refractivity contribution in [3.63, 3.8) is 0 Å². The van der Waals surface area contributed by atoms with Gasteiger partial charge in [-0.25, -0.2) is 0 Å². The number of carbonyl (C=O) groups excluding carboxylic acids is 1. The van der Waals surface area contributed by atoms with Crippen molar-refractivity contribution < 1.29 is 14.6 Å². The normalized spacial score (nSPS) is 31.7. The van der Waals surface area contributed by atoms with E-state index < -0.39 is 0 Å². The molecule has 0 radical (unpaired) electrons. The average Bonchev–Trinajstić information content (AvgIpc) is 3.04. The summed E-state index contributed by atoms with van der Waals surface area (Å²) in [5, 5.41) is 5.46. The van der Waals surface area contributed by atoms with Crippen LogP contribution in [0.15, 0.2) is 17.5 Å². The van der Waals surface area contributed by atoms with E-state index in [-0.39, 0.29) is 5.91 Å². The van der Waals surface area contributed by atoms with Crippen molar-refractivity contribution in [1.82, 2.24) is 5.32 Å². The molecular formula is C18H31N3OS+2. The molecule has 1 saturated heterocycles. The maximum atomic E-state index is 12.3. The molecule has 1 aromatic heterocycles. The lowest BCUT2D eigenvalue weighted by Gasteiger charge is -2.31. The summed E-state index contributed by atoms with van der Waals surface area (Å²) in [5.74, 6) is 0.912. The monoisotopic (exact) mass is 337 g/mol. The van der Waals surface area contributed by atoms with E-state index in [1.54, 1.807) is 4.90 Å². The zero-order valence-electron chi connectivity index (χ0n) is 14.3. The van der Waals surface area contributed by atoms with E-state index in [0.717, 1.165) is 19.6 Å². The van der Waals surface area contributed by atoms with Crippen LogP contribution in [-0.4, -0.2) is 44.7 Å². The fourth-order valence-corrected chi connectivity index (χ4v) is 4.76. The number of hydrogen-bond donors (Lipinski definition) is 3. The van der Waals surface area contributed by atoms with Gasteiger partial charge in [-0.15, -0.1) is 11.3 Å². The average molecular weight is 338 g/mol. The number of nitrogens with one attached hydrogen (secondary N) is 3. The van der Waals surface area contributed by atoms with E-state index in [0.29, 0.717) is 18.5 Å². The van der Waals surface area contributed by atoms with Crippen molar-refractivity contribution in [2.75, 3.05) is 32.7 Å². The zero-order valence-corrected chi connectivity index (χ0v) is 15.1. The Labute approximate surface area is 143 Å². The summed E-state index contributed by atoms with van der Waals surface area (Å²) in [7, 11) is 0. The van der Waals surface area contributed by atoms with Gasteiger partial charge in [-0.3, -0.25) is 4.79 Å². The smallest absolute Gasteiger partial charge is 0.275 e. The van der Waals surface area contributed by atoms with Crippen LogP contribution in [0.5, 0.6) is 0 Å². The highest BCUT2D eigenvalue weighted by atomic mass is 32.1. The molecule has 1 aromatic rings. The first kappa shape index (κ1) is 16.9. The van der Waals surface area contributed by atoms with Gasteiger partial charge in [-0.05, 0) is 30.2 Å². The van der Waals surface area contributed by atoms with E-state index in [4.69, 9.17) is 0 Å². The maximum absolute atomic E-state index is 12.3. The van der Waals surface area contributed by atoms with Gasteiger partial charge in [0.15, 0.2) is 6.54 Å². The Bertz CT molecular complexity index is 482. The van der Waals surface area contributed by atoms with Gasteiger partial charge in [-0.2, -0.15) is 0 Å². The zero-order chi connectivity index (χ0) is 16.1. The van der Waals surface area contributed by atoms with E-state index in [1.807, 2.05) is 11.3 Å². The second-order valence-corrected chi connectivity index (χ2v) is 8.40. The topological polar surface area (TPSA) is 38.0 Å². The van der Waals surface area contributed by atoms with Crippen molar-refractivity contribution in [2.45, 2.75) is 45.2 Å². The molecule has 3 rings (SSSR count). The number of quaternary nitrogens is 2. The van der Waals surface area contributed by atoms with E-state index >= 15 is 0 Å². The van der Waals surface area contributed by atoms with Crippen LogP contribution >= 0.6 is 11.3 Å². The second-order valence-electron chi connectivity index (χ2n) is 7.37. The number of thiophene rings is 1. The quantitative estimate of drug-likeness (QED) is 0.680. The Balaban J connectivity index is 1.37. The molecule has 1 aliphatic heterocycles. The summed E-state index contributed by atoms with van der Waals surface area (Å²) in [4.78, 5) is 16.9. The maximum Gasteiger partial charge on any atom is 0.275 e. The van der Waals surface area contributed by atoms with Gasteiger partial charge in [0.2, 0.25) is 0 Å². The Morgan fingerprint density at radius 3 is 2.65 bits per heavy atom. The van der Waals surface area contributed by atoms with Crippen molar-refractivity contribution in [1.29, 1.82) is 0 Å². The molecule has 0 unspecified atom stereocenters. The highest BCUT2D eigenvalue weighted by Gasteiger charge is 2.27. The molecular weight excluding hydrogens is 306 g/mol. The second kappa shape index (κ2) is 8.27. The van der Waals surface area contributed by atoms with Crippen LogP contribution in [0.2, 0.25) is 0 Å². The van der Waals surface area contributed by atoms with E-state index in [9.17, 15) is 4.79 Å². The van der Waals surface area contributed by atoms with E-state index in [1.165, 1.54) is 48.5 Å². The summed E-state index contributed by atoms with van der Waals surface area (Å²) in [6.07, 6.45) is 5.03. The van der Waals surface area contributed by atoms with Crippen LogP contribution in [0.25, 0.3) is 0 Å². The Morgan fingerprint density at radius 2 is 1.96 bits per heavy atom. The number of carbonyl (C=O) groups is 1. The van der Waals surface area contributed by atoms with Gasteiger partial charge in [0.1, 0.15) is 32.7 Å². The van der Waals surface area contributed by atoms with Gasteiger partial charge in [0, 0.05) is 6.04 Å². The lowest BCUT2D eigenvalue weighted by molar-refractivity contribution is -1.01. The third-order valence-corrected chi connectivity index (χ3v) is 6.41. The van der Waals surface area contributed by atoms with Crippen LogP contribution in [0.4, 0.5) is 0 Å². The molecule has 2 atom stereocenters. The first-order valence-electron chi connectivity index (χ1n) is 9.19. The molecule has 4 nitrogen and oxygen atoms in total. The molecule has 1 amide bonds. The van der Waals surface area contributed by atoms with Crippen molar-refractivity contribution >= 4 is 17.2 Å². The highest BCUT2D eigenvalue weighted by Crippen LogP contribution is 2.23. The third kappa shape index (κ3) is 5.03. The minimum absolute atomic E-state index is 0.264. The Hall–Kier alpha value is -0.910. The van der Waals surface area contributed by atoms with Crippen molar-refractivity contribution in [2.24, 2.45) is 5.92 Å². The number of piperazine rings is 1. The molecule has 0 aromatic carbocycles. The van der Waals surface area contributed by atoms with Gasteiger partial charge >= 0.3 is 0 Å². The minimum Gasteiger partial charge on any atom is -0.348 e. The Kier molecular flexibility index (Phi) is 6.08. The highest BCUT2D eigenvalue weighted by molar-refractivity contribution is 7.09.